The van der Waals surface area contributed by atoms with Crippen molar-refractivity contribution in [2.45, 2.75) is 20.8 Å². The van der Waals surface area contributed by atoms with Crippen molar-refractivity contribution in [3.8, 4) is 16.9 Å². The zero-order valence-electron chi connectivity index (χ0n) is 17.1. The van der Waals surface area contributed by atoms with Crippen LogP contribution in [-0.2, 0) is 4.79 Å². The standard InChI is InChI=1S/C23H26N4O2/c1-4-24-21(28)16-26(5-2)23(29)20-15-27(19-12-7-6-8-13-19)25-22(20)18-11-9-10-17(3)14-18/h6-15H,4-5,16H2,1-3H3,(H,24,28). The van der Waals surface area contributed by atoms with Crippen molar-refractivity contribution in [2.24, 2.45) is 0 Å². The van der Waals surface area contributed by atoms with Crippen LogP contribution in [0.2, 0.25) is 0 Å². The summed E-state index contributed by atoms with van der Waals surface area (Å²) in [4.78, 5) is 26.9. The Balaban J connectivity index is 2.04. The number of aromatic nitrogens is 2. The number of amides is 2. The lowest BCUT2D eigenvalue weighted by Gasteiger charge is -2.20. The Labute approximate surface area is 171 Å². The lowest BCUT2D eigenvalue weighted by molar-refractivity contribution is -0.121. The van der Waals surface area contributed by atoms with Crippen molar-refractivity contribution < 1.29 is 9.59 Å². The summed E-state index contributed by atoms with van der Waals surface area (Å²) < 4.78 is 1.71. The molecule has 6 heteroatoms. The minimum Gasteiger partial charge on any atom is -0.355 e. The maximum atomic E-state index is 13.3. The van der Waals surface area contributed by atoms with Gasteiger partial charge >= 0.3 is 0 Å². The van der Waals surface area contributed by atoms with Gasteiger partial charge < -0.3 is 10.2 Å². The first kappa shape index (κ1) is 20.3. The zero-order chi connectivity index (χ0) is 20.8. The van der Waals surface area contributed by atoms with E-state index in [9.17, 15) is 9.59 Å². The van der Waals surface area contributed by atoms with Gasteiger partial charge in [-0.25, -0.2) is 4.68 Å². The highest BCUT2D eigenvalue weighted by molar-refractivity contribution is 6.01. The number of para-hydroxylation sites is 1. The molecule has 0 unspecified atom stereocenters. The Bertz CT molecular complexity index is 995. The van der Waals surface area contributed by atoms with Gasteiger partial charge in [0.15, 0.2) is 0 Å². The minimum atomic E-state index is -0.211. The molecule has 0 atom stereocenters. The van der Waals surface area contributed by atoms with Crippen LogP contribution < -0.4 is 5.32 Å². The van der Waals surface area contributed by atoms with Gasteiger partial charge in [0, 0.05) is 24.8 Å². The van der Waals surface area contributed by atoms with E-state index < -0.39 is 0 Å². The first-order valence-electron chi connectivity index (χ1n) is 9.81. The lowest BCUT2D eigenvalue weighted by atomic mass is 10.1. The predicted molar refractivity (Wildman–Crippen MR) is 114 cm³/mol. The Morgan fingerprint density at radius 1 is 1.07 bits per heavy atom. The first-order chi connectivity index (χ1) is 14.0. The van der Waals surface area contributed by atoms with E-state index in [0.29, 0.717) is 24.3 Å². The summed E-state index contributed by atoms with van der Waals surface area (Å²) in [6, 6.07) is 17.6. The van der Waals surface area contributed by atoms with Crippen molar-refractivity contribution in [3.63, 3.8) is 0 Å². The lowest BCUT2D eigenvalue weighted by Crippen LogP contribution is -2.40. The van der Waals surface area contributed by atoms with Gasteiger partial charge in [0.05, 0.1) is 17.8 Å². The molecule has 1 heterocycles. The van der Waals surface area contributed by atoms with Crippen LogP contribution in [0.3, 0.4) is 0 Å². The maximum Gasteiger partial charge on any atom is 0.258 e. The average molecular weight is 390 g/mol. The highest BCUT2D eigenvalue weighted by Gasteiger charge is 2.24. The van der Waals surface area contributed by atoms with Gasteiger partial charge in [-0.2, -0.15) is 5.10 Å². The van der Waals surface area contributed by atoms with Crippen LogP contribution in [0, 0.1) is 6.92 Å². The molecule has 3 aromatic rings. The number of benzene rings is 2. The molecule has 0 aliphatic carbocycles. The molecule has 3 rings (SSSR count). The summed E-state index contributed by atoms with van der Waals surface area (Å²) in [5.41, 5.74) is 3.91. The number of likely N-dealkylation sites (N-methyl/N-ethyl adjacent to an activating group) is 2. The van der Waals surface area contributed by atoms with Crippen molar-refractivity contribution in [1.29, 1.82) is 0 Å². The summed E-state index contributed by atoms with van der Waals surface area (Å²) in [7, 11) is 0. The molecule has 6 nitrogen and oxygen atoms in total. The van der Waals surface area contributed by atoms with E-state index in [2.05, 4.69) is 5.32 Å². The van der Waals surface area contributed by atoms with E-state index in [4.69, 9.17) is 5.10 Å². The van der Waals surface area contributed by atoms with E-state index in [1.165, 1.54) is 4.90 Å². The molecule has 1 aromatic heterocycles. The number of carbonyl (C=O) groups is 2. The van der Waals surface area contributed by atoms with Crippen molar-refractivity contribution in [3.05, 3.63) is 71.9 Å². The first-order valence-corrected chi connectivity index (χ1v) is 9.81. The fourth-order valence-corrected chi connectivity index (χ4v) is 3.17. The Kier molecular flexibility index (Phi) is 6.44. The van der Waals surface area contributed by atoms with Gasteiger partial charge in [0.25, 0.3) is 5.91 Å². The van der Waals surface area contributed by atoms with E-state index >= 15 is 0 Å². The maximum absolute atomic E-state index is 13.3. The molecule has 1 N–H and O–H groups in total. The Morgan fingerprint density at radius 2 is 1.83 bits per heavy atom. The fourth-order valence-electron chi connectivity index (χ4n) is 3.17. The molecule has 0 aliphatic heterocycles. The molecule has 0 fully saturated rings. The third kappa shape index (κ3) is 4.71. The predicted octanol–water partition coefficient (Wildman–Crippen LogP) is 3.45. The van der Waals surface area contributed by atoms with Gasteiger partial charge in [-0.05, 0) is 39.0 Å². The number of nitrogens with one attached hydrogen (secondary N) is 1. The number of nitrogens with zero attached hydrogens (tertiary/aromatic N) is 3. The molecule has 0 bridgehead atoms. The smallest absolute Gasteiger partial charge is 0.258 e. The number of aryl methyl sites for hydroxylation is 1. The molecule has 0 spiro atoms. The second-order valence-corrected chi connectivity index (χ2v) is 6.81. The molecular formula is C23H26N4O2. The van der Waals surface area contributed by atoms with Crippen molar-refractivity contribution in [1.82, 2.24) is 20.0 Å². The van der Waals surface area contributed by atoms with Crippen LogP contribution in [0.4, 0.5) is 0 Å². The topological polar surface area (TPSA) is 67.2 Å². The van der Waals surface area contributed by atoms with Crippen molar-refractivity contribution >= 4 is 11.8 Å². The van der Waals surface area contributed by atoms with Crippen LogP contribution in [0.1, 0.15) is 29.8 Å². The van der Waals surface area contributed by atoms with Crippen LogP contribution in [0.5, 0.6) is 0 Å². The number of carbonyl (C=O) groups excluding carboxylic acids is 2. The second-order valence-electron chi connectivity index (χ2n) is 6.81. The third-order valence-corrected chi connectivity index (χ3v) is 4.63. The van der Waals surface area contributed by atoms with Crippen LogP contribution in [0.25, 0.3) is 16.9 Å². The summed E-state index contributed by atoms with van der Waals surface area (Å²) in [6.07, 6.45) is 1.75. The highest BCUT2D eigenvalue weighted by Crippen LogP contribution is 2.26. The molecule has 0 saturated heterocycles. The average Bonchev–Trinajstić information content (AvgIpc) is 3.18. The van der Waals surface area contributed by atoms with Gasteiger partial charge in [-0.1, -0.05) is 42.0 Å². The largest absolute Gasteiger partial charge is 0.355 e. The van der Waals surface area contributed by atoms with E-state index in [-0.39, 0.29) is 18.4 Å². The van der Waals surface area contributed by atoms with E-state index in [1.54, 1.807) is 10.9 Å². The molecular weight excluding hydrogens is 364 g/mol. The molecule has 2 aromatic carbocycles. The second kappa shape index (κ2) is 9.19. The van der Waals surface area contributed by atoms with Gasteiger partial charge in [-0.3, -0.25) is 9.59 Å². The zero-order valence-corrected chi connectivity index (χ0v) is 17.1. The van der Waals surface area contributed by atoms with Gasteiger partial charge in [0.1, 0.15) is 5.69 Å². The summed E-state index contributed by atoms with van der Waals surface area (Å²) >= 11 is 0. The van der Waals surface area contributed by atoms with Gasteiger partial charge in [0.2, 0.25) is 5.91 Å². The summed E-state index contributed by atoms with van der Waals surface area (Å²) in [5, 5.41) is 7.46. The molecule has 0 radical (unpaired) electrons. The molecule has 0 saturated carbocycles. The summed E-state index contributed by atoms with van der Waals surface area (Å²) in [6.45, 7) is 6.71. The van der Waals surface area contributed by atoms with Crippen LogP contribution in [0.15, 0.2) is 60.8 Å². The molecule has 0 aliphatic rings. The quantitative estimate of drug-likeness (QED) is 0.672. The number of rotatable bonds is 7. The molecule has 2 amide bonds. The van der Waals surface area contributed by atoms with Crippen molar-refractivity contribution in [2.75, 3.05) is 19.6 Å². The molecule has 29 heavy (non-hydrogen) atoms. The molecule has 150 valence electrons. The van der Waals surface area contributed by atoms with Crippen LogP contribution >= 0.6 is 0 Å². The minimum absolute atomic E-state index is 0.0208. The summed E-state index contributed by atoms with van der Waals surface area (Å²) in [5.74, 6) is -0.382. The van der Waals surface area contributed by atoms with Gasteiger partial charge in [-0.15, -0.1) is 0 Å². The highest BCUT2D eigenvalue weighted by atomic mass is 16.2. The monoisotopic (exact) mass is 390 g/mol. The Morgan fingerprint density at radius 3 is 2.48 bits per heavy atom. The number of hydrogen-bond acceptors (Lipinski definition) is 3. The van der Waals surface area contributed by atoms with E-state index in [1.807, 2.05) is 75.4 Å². The van der Waals surface area contributed by atoms with E-state index in [0.717, 1.165) is 16.8 Å². The Hall–Kier alpha value is -3.41. The SMILES string of the molecule is CCNC(=O)CN(CC)C(=O)c1cn(-c2ccccc2)nc1-c1cccc(C)c1. The van der Waals surface area contributed by atoms with Crippen LogP contribution in [-0.4, -0.2) is 46.1 Å². The number of hydrogen-bond donors (Lipinski definition) is 1. The fraction of sp³-hybridized carbons (Fsp3) is 0.261. The third-order valence-electron chi connectivity index (χ3n) is 4.63. The normalized spacial score (nSPS) is 10.6.